The van der Waals surface area contributed by atoms with Gasteiger partial charge in [-0.1, -0.05) is 105 Å². The Morgan fingerprint density at radius 2 is 1.02 bits per heavy atom. The maximum atomic E-state index is 15.2. The second-order valence-corrected chi connectivity index (χ2v) is 20.2. The molecule has 3 atom stereocenters. The summed E-state index contributed by atoms with van der Waals surface area (Å²) in [7, 11) is -1.25. The number of benzene rings is 4. The van der Waals surface area contributed by atoms with Crippen molar-refractivity contribution in [3.63, 3.8) is 0 Å². The van der Waals surface area contributed by atoms with Crippen molar-refractivity contribution in [1.29, 1.82) is 0 Å². The lowest BCUT2D eigenvalue weighted by atomic mass is 9.86. The van der Waals surface area contributed by atoms with E-state index in [1.165, 1.54) is 52.1 Å². The number of hydrogen-bond acceptors (Lipinski definition) is 8. The number of hydrogen-bond donors (Lipinski definition) is 0. The lowest BCUT2D eigenvalue weighted by molar-refractivity contribution is -0.143. The third-order valence-electron chi connectivity index (χ3n) is 11.4. The van der Waals surface area contributed by atoms with Gasteiger partial charge in [0, 0.05) is 41.0 Å². The van der Waals surface area contributed by atoms with Crippen LogP contribution in [0.1, 0.15) is 60.1 Å². The highest BCUT2D eigenvalue weighted by Gasteiger charge is 2.48. The van der Waals surface area contributed by atoms with Gasteiger partial charge < -0.3 is 19.5 Å². The van der Waals surface area contributed by atoms with Crippen LogP contribution in [-0.4, -0.2) is 87.4 Å². The van der Waals surface area contributed by atoms with Gasteiger partial charge in [0.15, 0.2) is 34.2 Å². The van der Waals surface area contributed by atoms with Crippen LogP contribution < -0.4 is 0 Å². The van der Waals surface area contributed by atoms with Gasteiger partial charge in [-0.25, -0.2) is 17.6 Å². The van der Waals surface area contributed by atoms with Gasteiger partial charge >= 0.3 is 0 Å². The van der Waals surface area contributed by atoms with Crippen LogP contribution in [0.2, 0.25) is 20.1 Å². The van der Waals surface area contributed by atoms with Crippen LogP contribution in [-0.2, 0) is 52.6 Å². The molecule has 3 unspecified atom stereocenters. The molecule has 0 spiro atoms. The first-order chi connectivity index (χ1) is 29.7. The summed E-state index contributed by atoms with van der Waals surface area (Å²) in [6, 6.07) is 19.8. The number of oxime groups is 2. The van der Waals surface area contributed by atoms with E-state index in [4.69, 9.17) is 56.1 Å². The minimum absolute atomic E-state index is 0.0462. The first kappa shape index (κ1) is 47.1. The summed E-state index contributed by atoms with van der Waals surface area (Å²) in [5, 5.41) is 8.00. The highest BCUT2D eigenvalue weighted by Crippen LogP contribution is 2.43. The van der Waals surface area contributed by atoms with Crippen molar-refractivity contribution >= 4 is 92.2 Å². The molecule has 0 aromatic heterocycles. The normalized spacial score (nSPS) is 22.3. The molecule has 334 valence electrons. The van der Waals surface area contributed by atoms with E-state index in [0.29, 0.717) is 52.3 Å². The van der Waals surface area contributed by atoms with Gasteiger partial charge in [-0.15, -0.1) is 0 Å². The van der Waals surface area contributed by atoms with Crippen LogP contribution in [0.5, 0.6) is 0 Å². The zero-order chi connectivity index (χ0) is 45.6. The molecule has 0 aliphatic carbocycles. The minimum Gasteiger partial charge on any atom is -0.384 e. The van der Waals surface area contributed by atoms with Crippen molar-refractivity contribution in [2.24, 2.45) is 10.3 Å². The van der Waals surface area contributed by atoms with Crippen molar-refractivity contribution in [3.8, 4) is 0 Å². The summed E-state index contributed by atoms with van der Waals surface area (Å²) in [6.07, 6.45) is 4.10. The average Bonchev–Trinajstić information content (AvgIpc) is 3.83. The van der Waals surface area contributed by atoms with E-state index in [2.05, 4.69) is 10.3 Å². The van der Waals surface area contributed by atoms with E-state index in [9.17, 15) is 22.6 Å². The van der Waals surface area contributed by atoms with Gasteiger partial charge in [0.1, 0.15) is 5.75 Å². The summed E-state index contributed by atoms with van der Waals surface area (Å²) < 4.78 is 69.0. The maximum absolute atomic E-state index is 15.2. The fourth-order valence-electron chi connectivity index (χ4n) is 7.66. The largest absolute Gasteiger partial charge is 0.384 e. The number of amides is 2. The number of carbonyl (C=O) groups is 2. The van der Waals surface area contributed by atoms with Crippen LogP contribution in [0.25, 0.3) is 0 Å². The van der Waals surface area contributed by atoms with E-state index in [0.717, 1.165) is 11.1 Å². The first-order valence-electron chi connectivity index (χ1n) is 19.4. The molecule has 9 nitrogen and oxygen atoms in total. The Labute approximate surface area is 388 Å². The Kier molecular flexibility index (Phi) is 13.6. The van der Waals surface area contributed by atoms with E-state index in [1.54, 1.807) is 55.5 Å². The molecule has 4 heterocycles. The molecular weight excluding hydrogens is 946 g/mol. The second kappa shape index (κ2) is 18.2. The Balaban J connectivity index is 0.000000189. The molecule has 0 saturated carbocycles. The molecule has 2 fully saturated rings. The fourth-order valence-corrected chi connectivity index (χ4v) is 9.59. The van der Waals surface area contributed by atoms with Crippen LogP contribution in [0.4, 0.5) is 17.6 Å². The summed E-state index contributed by atoms with van der Waals surface area (Å²) in [5.74, 6) is -1.45. The van der Waals surface area contributed by atoms with Crippen molar-refractivity contribution in [2.75, 3.05) is 50.2 Å². The third kappa shape index (κ3) is 9.74. The summed E-state index contributed by atoms with van der Waals surface area (Å²) in [5.41, 5.74) is 0.219. The van der Waals surface area contributed by atoms with Crippen LogP contribution in [0.15, 0.2) is 83.1 Å². The molecule has 4 aromatic carbocycles. The van der Waals surface area contributed by atoms with Crippen LogP contribution >= 0.6 is 58.2 Å². The highest BCUT2D eigenvalue weighted by molar-refractivity contribution is 7.99. The SMILES string of the molecule is CS(=O)CC(=O)N1CC(F)(c2ccc(C3=NOC(C)(c4cc(Cl)c(F)c(Cl)c4)C3)cc2)C1.CSCC(=O)N1CC(F)(c2ccc(C3=NOC(C)(c4cc(Cl)c(F)c(Cl)c4)C3)cc2)C1. The smallest absolute Gasteiger partial charge is 0.235 e. The van der Waals surface area contributed by atoms with Gasteiger partial charge in [-0.05, 0) is 66.6 Å². The molecule has 63 heavy (non-hydrogen) atoms. The number of likely N-dealkylation sites (tertiary alicyclic amines) is 2. The number of nitrogens with zero attached hydrogens (tertiary/aromatic N) is 4. The van der Waals surface area contributed by atoms with Gasteiger partial charge in [0.05, 0.1) is 63.4 Å². The molecule has 2 saturated heterocycles. The van der Waals surface area contributed by atoms with Gasteiger partial charge in [0.25, 0.3) is 0 Å². The molecule has 4 aromatic rings. The van der Waals surface area contributed by atoms with Crippen LogP contribution in [0.3, 0.4) is 0 Å². The van der Waals surface area contributed by atoms with Crippen LogP contribution in [0, 0.1) is 11.6 Å². The van der Waals surface area contributed by atoms with Gasteiger partial charge in [-0.3, -0.25) is 13.8 Å². The Morgan fingerprint density at radius 3 is 1.35 bits per heavy atom. The predicted molar refractivity (Wildman–Crippen MR) is 241 cm³/mol. The quantitative estimate of drug-likeness (QED) is 0.116. The standard InChI is InChI=1S/C22H20Cl2F2N2O3S.C22H20Cl2F2N2O2S/c1-21(15-7-16(23)20(25)17(24)8-15)9-18(27-31-21)13-3-5-14(6-4-13)22(26)11-28(12-22)19(29)10-32(2)30;1-21(15-7-16(23)20(25)17(24)8-15)9-18(27-30-21)13-3-5-14(6-4-13)22(26)11-28(12-22)19(29)10-31-2/h3-8H,9-12H2,1-2H3;3-8H,9-12H2,1-2H3. The molecule has 0 bridgehead atoms. The van der Waals surface area contributed by atoms with Crippen molar-refractivity contribution in [3.05, 3.63) is 138 Å². The molecule has 0 radical (unpaired) electrons. The lowest BCUT2D eigenvalue weighted by Crippen LogP contribution is -2.59. The van der Waals surface area contributed by atoms with Gasteiger partial charge in [-0.2, -0.15) is 11.8 Å². The topological polar surface area (TPSA) is 101 Å². The molecular formula is C44H40Cl4F4N4O5S2. The number of thioether (sulfide) groups is 1. The zero-order valence-corrected chi connectivity index (χ0v) is 38.9. The average molecular weight is 987 g/mol. The minimum atomic E-state index is -1.63. The Hall–Kier alpha value is -3.86. The maximum Gasteiger partial charge on any atom is 0.235 e. The van der Waals surface area contributed by atoms with E-state index in [1.807, 2.05) is 13.2 Å². The summed E-state index contributed by atoms with van der Waals surface area (Å²) >= 11 is 25.1. The molecule has 0 N–H and O–H groups in total. The zero-order valence-electron chi connectivity index (χ0n) is 34.3. The third-order valence-corrected chi connectivity index (χ3v) is 13.7. The molecule has 4 aliphatic rings. The monoisotopic (exact) mass is 984 g/mol. The van der Waals surface area contributed by atoms with Gasteiger partial charge in [0.2, 0.25) is 11.8 Å². The molecule has 4 aliphatic heterocycles. The molecule has 8 rings (SSSR count). The predicted octanol–water partition coefficient (Wildman–Crippen LogP) is 10.1. The molecule has 19 heteroatoms. The van der Waals surface area contributed by atoms with Crippen molar-refractivity contribution in [1.82, 2.24) is 9.80 Å². The van der Waals surface area contributed by atoms with E-state index in [-0.39, 0.29) is 63.8 Å². The number of alkyl halides is 2. The second-order valence-electron chi connectivity index (χ2n) is 16.3. The highest BCUT2D eigenvalue weighted by atomic mass is 35.5. The van der Waals surface area contributed by atoms with E-state index >= 15 is 8.78 Å². The van der Waals surface area contributed by atoms with E-state index < -0.39 is 45.0 Å². The first-order valence-corrected chi connectivity index (χ1v) is 24.0. The summed E-state index contributed by atoms with van der Waals surface area (Å²) in [6.45, 7) is 3.65. The number of carbonyl (C=O) groups excluding carboxylic acids is 2. The number of halogens is 8. The van der Waals surface area contributed by atoms with Crippen molar-refractivity contribution in [2.45, 2.75) is 49.2 Å². The number of rotatable bonds is 10. The molecule has 2 amide bonds. The Morgan fingerprint density at radius 1 is 0.667 bits per heavy atom. The lowest BCUT2D eigenvalue weighted by Gasteiger charge is -2.44. The Bertz CT molecular complexity index is 2500. The van der Waals surface area contributed by atoms with Crippen molar-refractivity contribution < 1.29 is 41.0 Å². The fraction of sp³-hybridized carbons (Fsp3) is 0.364. The summed E-state index contributed by atoms with van der Waals surface area (Å²) in [4.78, 5) is 38.0.